The summed E-state index contributed by atoms with van der Waals surface area (Å²) >= 11 is -0.352. The monoisotopic (exact) mass is 413 g/mol. The first kappa shape index (κ1) is 20.7. The van der Waals surface area contributed by atoms with E-state index in [0.29, 0.717) is 26.2 Å². The number of halogens is 3. The number of thioether (sulfide) groups is 1. The van der Waals surface area contributed by atoms with Crippen LogP contribution in [0.4, 0.5) is 13.2 Å². The van der Waals surface area contributed by atoms with Crippen LogP contribution in [-0.2, 0) is 13.1 Å². The van der Waals surface area contributed by atoms with Crippen LogP contribution in [0.25, 0.3) is 0 Å². The van der Waals surface area contributed by atoms with Crippen molar-refractivity contribution in [3.63, 3.8) is 0 Å². The predicted molar refractivity (Wildman–Crippen MR) is 99.8 cm³/mol. The number of aromatic nitrogens is 3. The third-order valence-electron chi connectivity index (χ3n) is 4.75. The molecule has 6 nitrogen and oxygen atoms in total. The molecular weight excluding hydrogens is 391 g/mol. The van der Waals surface area contributed by atoms with Gasteiger partial charge in [-0.3, -0.25) is 9.69 Å². The van der Waals surface area contributed by atoms with E-state index in [4.69, 9.17) is 0 Å². The highest BCUT2D eigenvalue weighted by atomic mass is 32.2. The number of hydrogen-bond acceptors (Lipinski definition) is 5. The van der Waals surface area contributed by atoms with Crippen LogP contribution in [-0.4, -0.2) is 61.4 Å². The maximum Gasteiger partial charge on any atom is 0.447 e. The molecule has 1 aliphatic rings. The second-order valence-electron chi connectivity index (χ2n) is 6.60. The van der Waals surface area contributed by atoms with Crippen LogP contribution in [0.3, 0.4) is 0 Å². The Morgan fingerprint density at radius 2 is 2.07 bits per heavy atom. The topological polar surface area (TPSA) is 54.3 Å². The Morgan fingerprint density at radius 1 is 1.29 bits per heavy atom. The van der Waals surface area contributed by atoms with Crippen molar-refractivity contribution < 1.29 is 18.0 Å². The van der Waals surface area contributed by atoms with Gasteiger partial charge in [-0.15, -0.1) is 0 Å². The average Bonchev–Trinajstić information content (AvgIpc) is 3.09. The number of hydrogen-bond donors (Lipinski definition) is 0. The molecule has 0 bridgehead atoms. The number of carbonyl (C=O) groups excluding carboxylic acids is 1. The molecule has 3 heterocycles. The zero-order valence-corrected chi connectivity index (χ0v) is 16.5. The fraction of sp³-hybridized carbons (Fsp3) is 0.500. The molecule has 2 aromatic heterocycles. The van der Waals surface area contributed by atoms with Crippen molar-refractivity contribution >= 4 is 17.7 Å². The maximum absolute atomic E-state index is 12.8. The number of amides is 1. The van der Waals surface area contributed by atoms with Crippen LogP contribution in [0.5, 0.6) is 0 Å². The van der Waals surface area contributed by atoms with Gasteiger partial charge in [0.15, 0.2) is 0 Å². The Balaban J connectivity index is 1.68. The van der Waals surface area contributed by atoms with Crippen LogP contribution in [0.15, 0.2) is 35.7 Å². The van der Waals surface area contributed by atoms with E-state index in [-0.39, 0.29) is 28.4 Å². The molecule has 2 aromatic rings. The van der Waals surface area contributed by atoms with Gasteiger partial charge < -0.3 is 9.47 Å². The molecular formula is C18H22F3N5OS. The van der Waals surface area contributed by atoms with Gasteiger partial charge in [0.1, 0.15) is 10.9 Å². The first-order valence-electron chi connectivity index (χ1n) is 9.02. The van der Waals surface area contributed by atoms with Gasteiger partial charge in [-0.2, -0.15) is 13.2 Å². The minimum absolute atomic E-state index is 0.00741. The summed E-state index contributed by atoms with van der Waals surface area (Å²) in [4.78, 5) is 24.8. The summed E-state index contributed by atoms with van der Waals surface area (Å²) in [7, 11) is 0. The first-order chi connectivity index (χ1) is 13.3. The van der Waals surface area contributed by atoms with Crippen molar-refractivity contribution in [3.8, 4) is 0 Å². The Bertz CT molecular complexity index is 826. The molecule has 10 heteroatoms. The summed E-state index contributed by atoms with van der Waals surface area (Å²) in [6, 6.07) is 2.95. The zero-order valence-electron chi connectivity index (χ0n) is 15.7. The Labute approximate surface area is 165 Å². The van der Waals surface area contributed by atoms with E-state index in [1.165, 1.54) is 18.3 Å². The van der Waals surface area contributed by atoms with Crippen LogP contribution in [0, 0.1) is 0 Å². The SMILES string of the molecule is CCn1ccnc1CN1CCN(C(=O)c2cccnc2SC(F)(F)F)C[C@H]1C. The lowest BCUT2D eigenvalue weighted by atomic mass is 10.1. The van der Waals surface area contributed by atoms with Crippen molar-refractivity contribution in [2.75, 3.05) is 19.6 Å². The summed E-state index contributed by atoms with van der Waals surface area (Å²) in [5, 5.41) is -0.306. The molecule has 0 spiro atoms. The fourth-order valence-electron chi connectivity index (χ4n) is 3.29. The minimum atomic E-state index is -4.49. The van der Waals surface area contributed by atoms with E-state index in [2.05, 4.69) is 26.4 Å². The molecule has 0 unspecified atom stereocenters. The number of alkyl halides is 3. The number of nitrogens with zero attached hydrogens (tertiary/aromatic N) is 5. The molecule has 1 fully saturated rings. The van der Waals surface area contributed by atoms with Gasteiger partial charge in [-0.25, -0.2) is 9.97 Å². The molecule has 1 atom stereocenters. The van der Waals surface area contributed by atoms with Gasteiger partial charge in [0.25, 0.3) is 5.91 Å². The second kappa shape index (κ2) is 8.52. The number of imidazole rings is 1. The summed E-state index contributed by atoms with van der Waals surface area (Å²) < 4.78 is 40.4. The first-order valence-corrected chi connectivity index (χ1v) is 9.84. The van der Waals surface area contributed by atoms with Gasteiger partial charge in [-0.05, 0) is 26.0 Å². The maximum atomic E-state index is 12.8. The largest absolute Gasteiger partial charge is 0.447 e. The van der Waals surface area contributed by atoms with Gasteiger partial charge >= 0.3 is 5.51 Å². The van der Waals surface area contributed by atoms with Crippen molar-refractivity contribution in [3.05, 3.63) is 42.1 Å². The normalized spacial score (nSPS) is 18.5. The van der Waals surface area contributed by atoms with Crippen LogP contribution in [0.2, 0.25) is 0 Å². The van der Waals surface area contributed by atoms with E-state index in [0.717, 1.165) is 12.4 Å². The van der Waals surface area contributed by atoms with E-state index in [1.807, 2.05) is 13.1 Å². The van der Waals surface area contributed by atoms with Gasteiger partial charge in [-0.1, -0.05) is 0 Å². The Morgan fingerprint density at radius 3 is 2.75 bits per heavy atom. The number of rotatable bonds is 5. The van der Waals surface area contributed by atoms with E-state index in [9.17, 15) is 18.0 Å². The standard InChI is InChI=1S/C18H22F3N5OS/c1-3-24-8-7-22-15(24)12-25-9-10-26(11-13(25)2)17(27)14-5-4-6-23-16(14)28-18(19,20)21/h4-8,13H,3,9-12H2,1-2H3/t13-/m1/s1. The quantitative estimate of drug-likeness (QED) is 0.705. The van der Waals surface area contributed by atoms with Crippen molar-refractivity contribution in [1.29, 1.82) is 0 Å². The summed E-state index contributed by atoms with van der Waals surface area (Å²) in [5.74, 6) is 0.548. The number of carbonyl (C=O) groups is 1. The van der Waals surface area contributed by atoms with Gasteiger partial charge in [0.05, 0.1) is 12.1 Å². The number of pyridine rings is 1. The molecule has 28 heavy (non-hydrogen) atoms. The van der Waals surface area contributed by atoms with Crippen LogP contribution < -0.4 is 0 Å². The lowest BCUT2D eigenvalue weighted by Crippen LogP contribution is -2.53. The molecule has 3 rings (SSSR count). The van der Waals surface area contributed by atoms with Crippen molar-refractivity contribution in [2.24, 2.45) is 0 Å². The fourth-order valence-corrected chi connectivity index (χ4v) is 3.89. The highest BCUT2D eigenvalue weighted by Crippen LogP contribution is 2.37. The third-order valence-corrected chi connectivity index (χ3v) is 5.50. The molecule has 0 N–H and O–H groups in total. The number of piperazine rings is 1. The van der Waals surface area contributed by atoms with Gasteiger partial charge in [0, 0.05) is 62.6 Å². The molecule has 0 radical (unpaired) electrons. The summed E-state index contributed by atoms with van der Waals surface area (Å²) in [5.41, 5.74) is -4.50. The molecule has 1 amide bonds. The molecule has 0 saturated carbocycles. The molecule has 0 aromatic carbocycles. The third kappa shape index (κ3) is 4.85. The Kier molecular flexibility index (Phi) is 6.29. The van der Waals surface area contributed by atoms with E-state index in [1.54, 1.807) is 11.1 Å². The van der Waals surface area contributed by atoms with E-state index < -0.39 is 11.4 Å². The van der Waals surface area contributed by atoms with Crippen LogP contribution in [0.1, 0.15) is 30.0 Å². The highest BCUT2D eigenvalue weighted by Gasteiger charge is 2.34. The summed E-state index contributed by atoms with van der Waals surface area (Å²) in [6.45, 7) is 7.08. The molecule has 0 aliphatic carbocycles. The lowest BCUT2D eigenvalue weighted by molar-refractivity contribution is -0.0329. The minimum Gasteiger partial charge on any atom is -0.336 e. The average molecular weight is 413 g/mol. The van der Waals surface area contributed by atoms with Crippen molar-refractivity contribution in [2.45, 2.75) is 43.5 Å². The number of aryl methyl sites for hydroxylation is 1. The predicted octanol–water partition coefficient (Wildman–Crippen LogP) is 3.26. The van der Waals surface area contributed by atoms with Gasteiger partial charge in [0.2, 0.25) is 0 Å². The Hall–Kier alpha value is -2.07. The second-order valence-corrected chi connectivity index (χ2v) is 7.66. The van der Waals surface area contributed by atoms with Crippen molar-refractivity contribution in [1.82, 2.24) is 24.3 Å². The molecule has 1 aliphatic heterocycles. The van der Waals surface area contributed by atoms with Crippen LogP contribution >= 0.6 is 11.8 Å². The molecule has 1 saturated heterocycles. The highest BCUT2D eigenvalue weighted by molar-refractivity contribution is 8.00. The molecule has 152 valence electrons. The van der Waals surface area contributed by atoms with E-state index >= 15 is 0 Å². The zero-order chi connectivity index (χ0) is 20.3. The smallest absolute Gasteiger partial charge is 0.336 e. The lowest BCUT2D eigenvalue weighted by Gasteiger charge is -2.39. The summed E-state index contributed by atoms with van der Waals surface area (Å²) in [6.07, 6.45) is 4.97.